The standard InChI is InChI=1S/C11H20O2/c1-4-10(2)6-5-7-11(3)12-8-9-13-11/h6H,4-5,7-9H2,1-3H3/b10-6-. The van der Waals surface area contributed by atoms with Crippen LogP contribution >= 0.6 is 0 Å². The van der Waals surface area contributed by atoms with Crippen molar-refractivity contribution in [2.75, 3.05) is 13.2 Å². The van der Waals surface area contributed by atoms with E-state index in [0.717, 1.165) is 32.5 Å². The molecular formula is C11H20O2. The summed E-state index contributed by atoms with van der Waals surface area (Å²) in [4.78, 5) is 0. The molecule has 0 aromatic heterocycles. The SMILES string of the molecule is CC/C(C)=C\CCC1(C)OCCO1. The summed E-state index contributed by atoms with van der Waals surface area (Å²) in [7, 11) is 0. The van der Waals surface area contributed by atoms with E-state index in [0.29, 0.717) is 0 Å². The van der Waals surface area contributed by atoms with E-state index in [1.165, 1.54) is 5.57 Å². The van der Waals surface area contributed by atoms with Gasteiger partial charge in [0.2, 0.25) is 0 Å². The van der Waals surface area contributed by atoms with Crippen molar-refractivity contribution < 1.29 is 9.47 Å². The molecule has 1 rings (SSSR count). The van der Waals surface area contributed by atoms with Crippen LogP contribution in [0.3, 0.4) is 0 Å². The second-order valence-corrected chi connectivity index (χ2v) is 3.77. The number of allylic oxidation sites excluding steroid dienone is 2. The summed E-state index contributed by atoms with van der Waals surface area (Å²) >= 11 is 0. The van der Waals surface area contributed by atoms with E-state index in [4.69, 9.17) is 9.47 Å². The molecule has 1 aliphatic heterocycles. The van der Waals surface area contributed by atoms with Crippen molar-refractivity contribution in [2.45, 2.75) is 45.8 Å². The van der Waals surface area contributed by atoms with Gasteiger partial charge in [0.05, 0.1) is 13.2 Å². The Labute approximate surface area is 80.9 Å². The lowest BCUT2D eigenvalue weighted by molar-refractivity contribution is -0.145. The van der Waals surface area contributed by atoms with Gasteiger partial charge >= 0.3 is 0 Å². The maximum atomic E-state index is 5.50. The highest BCUT2D eigenvalue weighted by Gasteiger charge is 2.29. The van der Waals surface area contributed by atoms with Gasteiger partial charge in [-0.3, -0.25) is 0 Å². The van der Waals surface area contributed by atoms with E-state index in [-0.39, 0.29) is 5.79 Å². The predicted octanol–water partition coefficient (Wildman–Crippen LogP) is 2.89. The normalized spacial score (nSPS) is 22.2. The Morgan fingerprint density at radius 3 is 2.54 bits per heavy atom. The molecule has 0 radical (unpaired) electrons. The van der Waals surface area contributed by atoms with E-state index in [2.05, 4.69) is 19.9 Å². The van der Waals surface area contributed by atoms with Crippen LogP contribution in [0.15, 0.2) is 11.6 Å². The summed E-state index contributed by atoms with van der Waals surface area (Å²) < 4.78 is 11.0. The van der Waals surface area contributed by atoms with Gasteiger partial charge in [0, 0.05) is 6.42 Å². The molecule has 2 heteroatoms. The molecule has 0 saturated carbocycles. The van der Waals surface area contributed by atoms with Crippen LogP contribution in [0.2, 0.25) is 0 Å². The fourth-order valence-electron chi connectivity index (χ4n) is 1.43. The fraction of sp³-hybridized carbons (Fsp3) is 0.818. The molecule has 76 valence electrons. The van der Waals surface area contributed by atoms with E-state index < -0.39 is 0 Å². The lowest BCUT2D eigenvalue weighted by Gasteiger charge is -2.21. The van der Waals surface area contributed by atoms with Gasteiger partial charge in [0.1, 0.15) is 0 Å². The quantitative estimate of drug-likeness (QED) is 0.625. The maximum absolute atomic E-state index is 5.50. The third-order valence-electron chi connectivity index (χ3n) is 2.55. The van der Waals surface area contributed by atoms with Crippen LogP contribution in [-0.4, -0.2) is 19.0 Å². The maximum Gasteiger partial charge on any atom is 0.166 e. The Kier molecular flexibility index (Phi) is 3.94. The molecule has 0 atom stereocenters. The molecule has 0 aliphatic carbocycles. The zero-order valence-corrected chi connectivity index (χ0v) is 8.93. The molecule has 0 aromatic carbocycles. The molecule has 1 saturated heterocycles. The molecule has 2 nitrogen and oxygen atoms in total. The van der Waals surface area contributed by atoms with Gasteiger partial charge in [-0.2, -0.15) is 0 Å². The highest BCUT2D eigenvalue weighted by molar-refractivity contribution is 4.97. The molecular weight excluding hydrogens is 164 g/mol. The second-order valence-electron chi connectivity index (χ2n) is 3.77. The van der Waals surface area contributed by atoms with Crippen LogP contribution in [0, 0.1) is 0 Å². The van der Waals surface area contributed by atoms with Gasteiger partial charge in [0.25, 0.3) is 0 Å². The summed E-state index contributed by atoms with van der Waals surface area (Å²) in [6, 6.07) is 0. The van der Waals surface area contributed by atoms with Crippen molar-refractivity contribution in [1.82, 2.24) is 0 Å². The van der Waals surface area contributed by atoms with Crippen molar-refractivity contribution in [3.63, 3.8) is 0 Å². The molecule has 0 amide bonds. The summed E-state index contributed by atoms with van der Waals surface area (Å²) in [5.74, 6) is -0.315. The highest BCUT2D eigenvalue weighted by atomic mass is 16.7. The van der Waals surface area contributed by atoms with Crippen molar-refractivity contribution in [3.05, 3.63) is 11.6 Å². The van der Waals surface area contributed by atoms with Gasteiger partial charge < -0.3 is 9.47 Å². The minimum absolute atomic E-state index is 0.315. The average molecular weight is 184 g/mol. The van der Waals surface area contributed by atoms with Crippen molar-refractivity contribution in [1.29, 1.82) is 0 Å². The second kappa shape index (κ2) is 4.77. The van der Waals surface area contributed by atoms with Gasteiger partial charge in [-0.1, -0.05) is 18.6 Å². The first-order valence-electron chi connectivity index (χ1n) is 5.10. The molecule has 0 unspecified atom stereocenters. The van der Waals surface area contributed by atoms with Gasteiger partial charge in [-0.25, -0.2) is 0 Å². The van der Waals surface area contributed by atoms with Gasteiger partial charge in [-0.05, 0) is 26.7 Å². The smallest absolute Gasteiger partial charge is 0.166 e. The number of ether oxygens (including phenoxy) is 2. The predicted molar refractivity (Wildman–Crippen MR) is 53.6 cm³/mol. The first-order chi connectivity index (χ1) is 6.16. The minimum Gasteiger partial charge on any atom is -0.348 e. The molecule has 1 aliphatic rings. The minimum atomic E-state index is -0.315. The lowest BCUT2D eigenvalue weighted by atomic mass is 10.1. The number of hydrogen-bond acceptors (Lipinski definition) is 2. The topological polar surface area (TPSA) is 18.5 Å². The Hall–Kier alpha value is -0.340. The van der Waals surface area contributed by atoms with Crippen LogP contribution < -0.4 is 0 Å². The van der Waals surface area contributed by atoms with E-state index in [1.54, 1.807) is 0 Å². The highest BCUT2D eigenvalue weighted by Crippen LogP contribution is 2.24. The van der Waals surface area contributed by atoms with Crippen LogP contribution in [0.5, 0.6) is 0 Å². The molecule has 0 aromatic rings. The monoisotopic (exact) mass is 184 g/mol. The van der Waals surface area contributed by atoms with Crippen LogP contribution in [0.1, 0.15) is 40.0 Å². The van der Waals surface area contributed by atoms with Crippen LogP contribution in [0.4, 0.5) is 0 Å². The summed E-state index contributed by atoms with van der Waals surface area (Å²) in [5, 5.41) is 0. The molecule has 1 heterocycles. The lowest BCUT2D eigenvalue weighted by Crippen LogP contribution is -2.24. The number of rotatable bonds is 4. The fourth-order valence-corrected chi connectivity index (χ4v) is 1.43. The van der Waals surface area contributed by atoms with Crippen LogP contribution in [0.25, 0.3) is 0 Å². The zero-order chi connectivity index (χ0) is 9.73. The van der Waals surface area contributed by atoms with Crippen molar-refractivity contribution in [3.8, 4) is 0 Å². The van der Waals surface area contributed by atoms with E-state index in [9.17, 15) is 0 Å². The molecule has 0 spiro atoms. The molecule has 13 heavy (non-hydrogen) atoms. The first-order valence-corrected chi connectivity index (χ1v) is 5.10. The Morgan fingerprint density at radius 2 is 2.00 bits per heavy atom. The summed E-state index contributed by atoms with van der Waals surface area (Å²) in [6.07, 6.45) is 5.43. The summed E-state index contributed by atoms with van der Waals surface area (Å²) in [5.41, 5.74) is 1.45. The third-order valence-corrected chi connectivity index (χ3v) is 2.55. The van der Waals surface area contributed by atoms with E-state index in [1.807, 2.05) is 6.92 Å². The Bertz CT molecular complexity index is 179. The zero-order valence-electron chi connectivity index (χ0n) is 8.93. The van der Waals surface area contributed by atoms with Crippen LogP contribution in [-0.2, 0) is 9.47 Å². The Morgan fingerprint density at radius 1 is 1.38 bits per heavy atom. The van der Waals surface area contributed by atoms with Crippen molar-refractivity contribution >= 4 is 0 Å². The van der Waals surface area contributed by atoms with Crippen molar-refractivity contribution in [2.24, 2.45) is 0 Å². The molecule has 0 bridgehead atoms. The molecule has 0 N–H and O–H groups in total. The van der Waals surface area contributed by atoms with E-state index >= 15 is 0 Å². The Balaban J connectivity index is 2.25. The van der Waals surface area contributed by atoms with Gasteiger partial charge in [0.15, 0.2) is 5.79 Å². The summed E-state index contributed by atoms with van der Waals surface area (Å²) in [6.45, 7) is 7.85. The first kappa shape index (κ1) is 10.7. The largest absolute Gasteiger partial charge is 0.348 e. The average Bonchev–Trinajstić information content (AvgIpc) is 2.52. The van der Waals surface area contributed by atoms with Gasteiger partial charge in [-0.15, -0.1) is 0 Å². The molecule has 1 fully saturated rings. The third kappa shape index (κ3) is 3.49. The number of hydrogen-bond donors (Lipinski definition) is 0.